The molecule has 4 nitrogen and oxygen atoms in total. The van der Waals surface area contributed by atoms with Crippen molar-refractivity contribution in [3.05, 3.63) is 11.6 Å². The Morgan fingerprint density at radius 1 is 1.18 bits per heavy atom. The SMILES string of the molecule is CC(C)(C)OC(=O)C(=O)C(=O)C1=CCCCC1. The van der Waals surface area contributed by atoms with Gasteiger partial charge in [0, 0.05) is 0 Å². The Bertz CT molecular complexity index is 371. The van der Waals surface area contributed by atoms with Crippen molar-refractivity contribution in [3.8, 4) is 0 Å². The second-order valence-corrected chi connectivity index (χ2v) is 5.14. The van der Waals surface area contributed by atoms with E-state index in [0.717, 1.165) is 19.3 Å². The molecule has 0 aromatic heterocycles. The van der Waals surface area contributed by atoms with Crippen LogP contribution in [0.4, 0.5) is 0 Å². The van der Waals surface area contributed by atoms with E-state index in [9.17, 15) is 14.4 Å². The molecule has 0 unspecified atom stereocenters. The molecule has 0 N–H and O–H groups in total. The summed E-state index contributed by atoms with van der Waals surface area (Å²) in [4.78, 5) is 34.7. The molecule has 0 aliphatic heterocycles. The first-order chi connectivity index (χ1) is 7.81. The summed E-state index contributed by atoms with van der Waals surface area (Å²) in [5.74, 6) is -2.83. The number of hydrogen-bond acceptors (Lipinski definition) is 4. The lowest BCUT2D eigenvalue weighted by atomic mass is 9.94. The average molecular weight is 238 g/mol. The summed E-state index contributed by atoms with van der Waals surface area (Å²) in [5, 5.41) is 0. The molecule has 94 valence electrons. The third-order valence-electron chi connectivity index (χ3n) is 2.37. The van der Waals surface area contributed by atoms with Crippen LogP contribution in [0.1, 0.15) is 46.5 Å². The van der Waals surface area contributed by atoms with Gasteiger partial charge in [0.15, 0.2) is 0 Å². The Morgan fingerprint density at radius 3 is 2.29 bits per heavy atom. The highest BCUT2D eigenvalue weighted by atomic mass is 16.6. The Morgan fingerprint density at radius 2 is 1.82 bits per heavy atom. The van der Waals surface area contributed by atoms with Crippen LogP contribution in [0, 0.1) is 0 Å². The number of rotatable bonds is 3. The number of ketones is 2. The summed E-state index contributed by atoms with van der Waals surface area (Å²) in [6.45, 7) is 4.97. The van der Waals surface area contributed by atoms with Crippen molar-refractivity contribution >= 4 is 17.5 Å². The van der Waals surface area contributed by atoms with Gasteiger partial charge in [-0.1, -0.05) is 6.08 Å². The van der Waals surface area contributed by atoms with E-state index in [4.69, 9.17) is 4.74 Å². The van der Waals surface area contributed by atoms with Crippen molar-refractivity contribution in [1.29, 1.82) is 0 Å². The largest absolute Gasteiger partial charge is 0.454 e. The minimum Gasteiger partial charge on any atom is -0.454 e. The molecule has 1 aliphatic rings. The van der Waals surface area contributed by atoms with Gasteiger partial charge in [-0.2, -0.15) is 0 Å². The topological polar surface area (TPSA) is 60.4 Å². The van der Waals surface area contributed by atoms with E-state index >= 15 is 0 Å². The molecule has 17 heavy (non-hydrogen) atoms. The fraction of sp³-hybridized carbons (Fsp3) is 0.615. The van der Waals surface area contributed by atoms with E-state index in [2.05, 4.69) is 0 Å². The van der Waals surface area contributed by atoms with E-state index in [0.29, 0.717) is 12.0 Å². The molecule has 0 bridgehead atoms. The summed E-state index contributed by atoms with van der Waals surface area (Å²) >= 11 is 0. The van der Waals surface area contributed by atoms with Gasteiger partial charge in [-0.15, -0.1) is 0 Å². The molecule has 0 aromatic carbocycles. The Kier molecular flexibility index (Phi) is 4.21. The van der Waals surface area contributed by atoms with Gasteiger partial charge in [0.25, 0.3) is 0 Å². The van der Waals surface area contributed by atoms with Gasteiger partial charge < -0.3 is 4.74 Å². The van der Waals surface area contributed by atoms with Crippen LogP contribution in [-0.4, -0.2) is 23.1 Å². The van der Waals surface area contributed by atoms with Gasteiger partial charge in [0.2, 0.25) is 5.78 Å². The maximum absolute atomic E-state index is 11.7. The van der Waals surface area contributed by atoms with Crippen LogP contribution in [-0.2, 0) is 19.1 Å². The Balaban J connectivity index is 2.67. The first-order valence-corrected chi connectivity index (χ1v) is 5.82. The van der Waals surface area contributed by atoms with Gasteiger partial charge in [0.1, 0.15) is 5.60 Å². The van der Waals surface area contributed by atoms with Crippen LogP contribution in [0.3, 0.4) is 0 Å². The van der Waals surface area contributed by atoms with Crippen molar-refractivity contribution < 1.29 is 19.1 Å². The minimum atomic E-state index is -1.06. The third-order valence-corrected chi connectivity index (χ3v) is 2.37. The molecule has 0 saturated carbocycles. The highest BCUT2D eigenvalue weighted by Gasteiger charge is 2.30. The first kappa shape index (κ1) is 13.6. The third kappa shape index (κ3) is 4.13. The first-order valence-electron chi connectivity index (χ1n) is 5.82. The van der Waals surface area contributed by atoms with Crippen molar-refractivity contribution in [2.24, 2.45) is 0 Å². The fourth-order valence-corrected chi connectivity index (χ4v) is 1.61. The van der Waals surface area contributed by atoms with Gasteiger partial charge in [-0.3, -0.25) is 9.59 Å². The number of Topliss-reactive ketones (excluding diaryl/α,β-unsaturated/α-hetero) is 2. The van der Waals surface area contributed by atoms with Crippen molar-refractivity contribution in [2.75, 3.05) is 0 Å². The van der Waals surface area contributed by atoms with Crippen LogP contribution in [0.15, 0.2) is 11.6 Å². The zero-order chi connectivity index (χ0) is 13.1. The van der Waals surface area contributed by atoms with Gasteiger partial charge in [-0.25, -0.2) is 4.79 Å². The maximum atomic E-state index is 11.7. The van der Waals surface area contributed by atoms with Crippen molar-refractivity contribution in [1.82, 2.24) is 0 Å². The molecule has 1 aliphatic carbocycles. The van der Waals surface area contributed by atoms with Gasteiger partial charge in [0.05, 0.1) is 0 Å². The zero-order valence-corrected chi connectivity index (χ0v) is 10.5. The van der Waals surface area contributed by atoms with E-state index in [1.54, 1.807) is 26.8 Å². The molecule has 1 rings (SSSR count). The smallest absolute Gasteiger partial charge is 0.383 e. The monoisotopic (exact) mass is 238 g/mol. The second kappa shape index (κ2) is 5.25. The summed E-state index contributed by atoms with van der Waals surface area (Å²) in [7, 11) is 0. The molecule has 0 saturated heterocycles. The summed E-state index contributed by atoms with van der Waals surface area (Å²) in [6, 6.07) is 0. The number of hydrogen-bond donors (Lipinski definition) is 0. The highest BCUT2D eigenvalue weighted by Crippen LogP contribution is 2.18. The molecule has 0 aromatic rings. The predicted octanol–water partition coefficient (Wildman–Crippen LogP) is 1.97. The summed E-state index contributed by atoms with van der Waals surface area (Å²) in [6.07, 6.45) is 5.03. The van der Waals surface area contributed by atoms with Crippen molar-refractivity contribution in [2.45, 2.75) is 52.1 Å². The number of carbonyl (C=O) groups is 3. The van der Waals surface area contributed by atoms with Crippen LogP contribution >= 0.6 is 0 Å². The van der Waals surface area contributed by atoms with E-state index in [1.165, 1.54) is 0 Å². The number of ether oxygens (including phenoxy) is 1. The minimum absolute atomic E-state index is 0.451. The number of esters is 1. The Hall–Kier alpha value is -1.45. The van der Waals surface area contributed by atoms with E-state index in [-0.39, 0.29) is 0 Å². The Labute approximate surface area is 101 Å². The lowest BCUT2D eigenvalue weighted by molar-refractivity contribution is -0.163. The molecular weight excluding hydrogens is 220 g/mol. The summed E-state index contributed by atoms with van der Waals surface area (Å²) < 4.78 is 4.87. The molecule has 0 amide bonds. The van der Waals surface area contributed by atoms with Crippen LogP contribution in [0.5, 0.6) is 0 Å². The number of allylic oxidation sites excluding steroid dienone is 2. The molecule has 0 radical (unpaired) electrons. The van der Waals surface area contributed by atoms with Gasteiger partial charge in [-0.05, 0) is 52.0 Å². The highest BCUT2D eigenvalue weighted by molar-refractivity contribution is 6.65. The molecule has 0 atom stereocenters. The average Bonchev–Trinajstić information content (AvgIpc) is 2.26. The van der Waals surface area contributed by atoms with Crippen LogP contribution in [0.25, 0.3) is 0 Å². The van der Waals surface area contributed by atoms with E-state index in [1.807, 2.05) is 0 Å². The summed E-state index contributed by atoms with van der Waals surface area (Å²) in [5.41, 5.74) is -0.305. The predicted molar refractivity (Wildman–Crippen MR) is 62.4 cm³/mol. The molecule has 4 heteroatoms. The lowest BCUT2D eigenvalue weighted by Crippen LogP contribution is -2.33. The normalized spacial score (nSPS) is 16.1. The maximum Gasteiger partial charge on any atom is 0.383 e. The second-order valence-electron chi connectivity index (χ2n) is 5.14. The van der Waals surface area contributed by atoms with E-state index < -0.39 is 23.1 Å². The van der Waals surface area contributed by atoms with Gasteiger partial charge >= 0.3 is 11.8 Å². The van der Waals surface area contributed by atoms with Crippen molar-refractivity contribution in [3.63, 3.8) is 0 Å². The standard InChI is InChI=1S/C13H18O4/c1-13(2,3)17-12(16)11(15)10(14)9-7-5-4-6-8-9/h7H,4-6,8H2,1-3H3. The molecule has 0 spiro atoms. The van der Waals surface area contributed by atoms with Crippen LogP contribution in [0.2, 0.25) is 0 Å². The lowest BCUT2D eigenvalue weighted by Gasteiger charge is -2.18. The fourth-order valence-electron chi connectivity index (χ4n) is 1.61. The quantitative estimate of drug-likeness (QED) is 0.428. The molecule has 0 heterocycles. The molecular formula is C13H18O4. The number of carbonyl (C=O) groups excluding carboxylic acids is 3. The zero-order valence-electron chi connectivity index (χ0n) is 10.5. The molecule has 0 fully saturated rings. The van der Waals surface area contributed by atoms with Crippen LogP contribution < -0.4 is 0 Å².